The molecule has 0 unspecified atom stereocenters. The van der Waals surface area contributed by atoms with E-state index in [2.05, 4.69) is 4.99 Å². The van der Waals surface area contributed by atoms with Gasteiger partial charge in [0.2, 0.25) is 5.90 Å². The predicted molar refractivity (Wildman–Crippen MR) is 96.4 cm³/mol. The highest BCUT2D eigenvalue weighted by atomic mass is 35.5. The molecule has 0 saturated carbocycles. The van der Waals surface area contributed by atoms with Crippen molar-refractivity contribution in [3.8, 4) is 11.5 Å². The fraction of sp³-hybridized carbons (Fsp3) is 0.105. The van der Waals surface area contributed by atoms with E-state index in [1.54, 1.807) is 42.5 Å². The molecule has 0 aromatic heterocycles. The molecule has 6 nitrogen and oxygen atoms in total. The summed E-state index contributed by atoms with van der Waals surface area (Å²) in [6.07, 6.45) is 1.53. The third-order valence-corrected chi connectivity index (χ3v) is 3.67. The van der Waals surface area contributed by atoms with E-state index in [-0.39, 0.29) is 17.3 Å². The van der Waals surface area contributed by atoms with Gasteiger partial charge in [0, 0.05) is 17.5 Å². The highest BCUT2D eigenvalue weighted by molar-refractivity contribution is 6.31. The van der Waals surface area contributed by atoms with Crippen LogP contribution in [0, 0.1) is 0 Å². The number of hydrogen-bond acceptors (Lipinski definition) is 6. The van der Waals surface area contributed by atoms with E-state index in [9.17, 15) is 9.59 Å². The molecule has 0 N–H and O–H groups in total. The Morgan fingerprint density at radius 1 is 1.19 bits per heavy atom. The number of ether oxygens (including phenoxy) is 3. The van der Waals surface area contributed by atoms with Gasteiger partial charge in [-0.2, -0.15) is 0 Å². The van der Waals surface area contributed by atoms with Crippen LogP contribution in [0.3, 0.4) is 0 Å². The standard InChI is InChI=1S/C19H14ClNO5/c1-11(22)25-17-9-12(6-7-16(17)24-2)8-15-19(23)26-18(21-15)13-4-3-5-14(20)10-13/h3-10H,1-2H3/b15-8-. The molecular weight excluding hydrogens is 358 g/mol. The van der Waals surface area contributed by atoms with Crippen molar-refractivity contribution in [2.24, 2.45) is 4.99 Å². The fourth-order valence-corrected chi connectivity index (χ4v) is 2.52. The summed E-state index contributed by atoms with van der Waals surface area (Å²) >= 11 is 5.95. The van der Waals surface area contributed by atoms with E-state index in [4.69, 9.17) is 25.8 Å². The van der Waals surface area contributed by atoms with E-state index < -0.39 is 11.9 Å². The third kappa shape index (κ3) is 3.92. The van der Waals surface area contributed by atoms with Crippen LogP contribution in [-0.2, 0) is 14.3 Å². The van der Waals surface area contributed by atoms with Gasteiger partial charge >= 0.3 is 11.9 Å². The average Bonchev–Trinajstić information content (AvgIpc) is 2.95. The van der Waals surface area contributed by atoms with E-state index in [1.807, 2.05) is 0 Å². The smallest absolute Gasteiger partial charge is 0.363 e. The van der Waals surface area contributed by atoms with Gasteiger partial charge in [0.15, 0.2) is 17.2 Å². The molecule has 2 aromatic carbocycles. The number of esters is 2. The van der Waals surface area contributed by atoms with Gasteiger partial charge in [0.25, 0.3) is 0 Å². The number of halogens is 1. The Morgan fingerprint density at radius 2 is 2.00 bits per heavy atom. The molecule has 0 spiro atoms. The summed E-state index contributed by atoms with van der Waals surface area (Å²) in [4.78, 5) is 27.5. The minimum Gasteiger partial charge on any atom is -0.493 e. The molecule has 132 valence electrons. The van der Waals surface area contributed by atoms with Crippen molar-refractivity contribution in [2.75, 3.05) is 7.11 Å². The number of hydrogen-bond donors (Lipinski definition) is 0. The first-order chi connectivity index (χ1) is 12.5. The van der Waals surface area contributed by atoms with E-state index >= 15 is 0 Å². The molecule has 0 bridgehead atoms. The quantitative estimate of drug-likeness (QED) is 0.466. The lowest BCUT2D eigenvalue weighted by molar-refractivity contribution is -0.132. The molecule has 0 radical (unpaired) electrons. The van der Waals surface area contributed by atoms with Crippen LogP contribution in [0.2, 0.25) is 5.02 Å². The van der Waals surface area contributed by atoms with Crippen LogP contribution in [0.15, 0.2) is 53.2 Å². The molecule has 0 aliphatic carbocycles. The number of carbonyl (C=O) groups is 2. The summed E-state index contributed by atoms with van der Waals surface area (Å²) in [7, 11) is 1.47. The maximum atomic E-state index is 12.1. The van der Waals surface area contributed by atoms with Crippen molar-refractivity contribution in [1.82, 2.24) is 0 Å². The van der Waals surface area contributed by atoms with Gasteiger partial charge < -0.3 is 14.2 Å². The monoisotopic (exact) mass is 371 g/mol. The summed E-state index contributed by atoms with van der Waals surface area (Å²) in [6, 6.07) is 11.8. The molecule has 0 amide bonds. The van der Waals surface area contributed by atoms with Crippen LogP contribution >= 0.6 is 11.6 Å². The average molecular weight is 372 g/mol. The zero-order valence-electron chi connectivity index (χ0n) is 14.0. The first-order valence-corrected chi connectivity index (χ1v) is 7.99. The van der Waals surface area contributed by atoms with E-state index in [0.29, 0.717) is 21.9 Å². The van der Waals surface area contributed by atoms with Crippen LogP contribution in [0.4, 0.5) is 0 Å². The predicted octanol–water partition coefficient (Wildman–Crippen LogP) is 3.62. The summed E-state index contributed by atoms with van der Waals surface area (Å²) < 4.78 is 15.5. The first kappa shape index (κ1) is 17.7. The van der Waals surface area contributed by atoms with Gasteiger partial charge in [0.1, 0.15) is 0 Å². The molecule has 0 fully saturated rings. The van der Waals surface area contributed by atoms with Crippen molar-refractivity contribution < 1.29 is 23.8 Å². The molecule has 7 heteroatoms. The van der Waals surface area contributed by atoms with Crippen molar-refractivity contribution in [3.05, 3.63) is 64.3 Å². The first-order valence-electron chi connectivity index (χ1n) is 7.61. The zero-order valence-corrected chi connectivity index (χ0v) is 14.7. The Kier molecular flexibility index (Phi) is 5.04. The van der Waals surface area contributed by atoms with Gasteiger partial charge in [0.05, 0.1) is 7.11 Å². The molecule has 0 atom stereocenters. The van der Waals surface area contributed by atoms with Gasteiger partial charge in [-0.05, 0) is 42.0 Å². The van der Waals surface area contributed by atoms with Crippen molar-refractivity contribution in [3.63, 3.8) is 0 Å². The summed E-state index contributed by atoms with van der Waals surface area (Å²) in [5, 5.41) is 0.514. The SMILES string of the molecule is COc1ccc(/C=C2\N=C(c3cccc(Cl)c3)OC2=O)cc1OC(C)=O. The minimum atomic E-state index is -0.579. The van der Waals surface area contributed by atoms with Gasteiger partial charge in [-0.3, -0.25) is 4.79 Å². The molecule has 1 heterocycles. The van der Waals surface area contributed by atoms with E-state index in [0.717, 1.165) is 0 Å². The molecule has 2 aromatic rings. The van der Waals surface area contributed by atoms with Gasteiger partial charge in [-0.25, -0.2) is 9.79 Å². The zero-order chi connectivity index (χ0) is 18.7. The van der Waals surface area contributed by atoms with Gasteiger partial charge in [-0.1, -0.05) is 23.7 Å². The topological polar surface area (TPSA) is 74.2 Å². The highest BCUT2D eigenvalue weighted by Gasteiger charge is 2.24. The highest BCUT2D eigenvalue weighted by Crippen LogP contribution is 2.30. The molecule has 0 saturated heterocycles. The van der Waals surface area contributed by atoms with Gasteiger partial charge in [-0.15, -0.1) is 0 Å². The minimum absolute atomic E-state index is 0.124. The fourth-order valence-electron chi connectivity index (χ4n) is 2.33. The number of benzene rings is 2. The lowest BCUT2D eigenvalue weighted by Crippen LogP contribution is -2.05. The summed E-state index contributed by atoms with van der Waals surface area (Å²) in [5.74, 6) is -0.226. The number of cyclic esters (lactones) is 1. The maximum absolute atomic E-state index is 12.1. The second kappa shape index (κ2) is 7.41. The van der Waals surface area contributed by atoms with Crippen LogP contribution in [0.1, 0.15) is 18.1 Å². The number of aliphatic imine (C=N–C) groups is 1. The second-order valence-electron chi connectivity index (χ2n) is 5.35. The summed E-state index contributed by atoms with van der Waals surface area (Å²) in [5.41, 5.74) is 1.33. The normalized spacial score (nSPS) is 14.8. The number of carbonyl (C=O) groups excluding carboxylic acids is 2. The lowest BCUT2D eigenvalue weighted by atomic mass is 10.1. The Labute approximate surface area is 154 Å². The molecule has 26 heavy (non-hydrogen) atoms. The largest absolute Gasteiger partial charge is 0.493 e. The number of nitrogens with zero attached hydrogens (tertiary/aromatic N) is 1. The van der Waals surface area contributed by atoms with E-state index in [1.165, 1.54) is 20.1 Å². The number of methoxy groups -OCH3 is 1. The third-order valence-electron chi connectivity index (χ3n) is 3.44. The number of rotatable bonds is 4. The Morgan fingerprint density at radius 3 is 2.69 bits per heavy atom. The van der Waals surface area contributed by atoms with Crippen LogP contribution < -0.4 is 9.47 Å². The molecule has 1 aliphatic heterocycles. The Bertz CT molecular complexity index is 949. The molecular formula is C19H14ClNO5. The summed E-state index contributed by atoms with van der Waals surface area (Å²) in [6.45, 7) is 1.29. The Hall–Kier alpha value is -3.12. The second-order valence-corrected chi connectivity index (χ2v) is 5.79. The van der Waals surface area contributed by atoms with Crippen LogP contribution in [0.25, 0.3) is 6.08 Å². The molecule has 1 aliphatic rings. The van der Waals surface area contributed by atoms with Crippen molar-refractivity contribution in [1.29, 1.82) is 0 Å². The molecule has 3 rings (SSSR count). The lowest BCUT2D eigenvalue weighted by Gasteiger charge is -2.08. The van der Waals surface area contributed by atoms with Crippen molar-refractivity contribution in [2.45, 2.75) is 6.92 Å². The van der Waals surface area contributed by atoms with Crippen LogP contribution in [-0.4, -0.2) is 24.9 Å². The Balaban J connectivity index is 1.94. The van der Waals surface area contributed by atoms with Crippen molar-refractivity contribution >= 4 is 35.5 Å². The van der Waals surface area contributed by atoms with Crippen LogP contribution in [0.5, 0.6) is 11.5 Å². The maximum Gasteiger partial charge on any atom is 0.363 e.